The number of hydrogen-bond donors (Lipinski definition) is 2. The lowest BCUT2D eigenvalue weighted by atomic mass is 10.1. The van der Waals surface area contributed by atoms with Gasteiger partial charge in [0.05, 0.1) is 11.9 Å². The Hall–Kier alpha value is -4.26. The number of nitrogens with zero attached hydrogens (tertiary/aromatic N) is 2. The SMILES string of the molecule is Cc1cccc(C(=O)Nc2c(C(=O)Nc3ccc(F)cc3)cnn2-c2ccccc2)c1. The van der Waals surface area contributed by atoms with Gasteiger partial charge in [-0.05, 0) is 55.5 Å². The Balaban J connectivity index is 1.70. The summed E-state index contributed by atoms with van der Waals surface area (Å²) >= 11 is 0. The Labute approximate surface area is 178 Å². The van der Waals surface area contributed by atoms with E-state index in [0.717, 1.165) is 5.56 Å². The molecule has 2 N–H and O–H groups in total. The first-order chi connectivity index (χ1) is 15.0. The fraction of sp³-hybridized carbons (Fsp3) is 0.0417. The Kier molecular flexibility index (Phi) is 5.57. The summed E-state index contributed by atoms with van der Waals surface area (Å²) in [5.74, 6) is -1.01. The van der Waals surface area contributed by atoms with E-state index in [0.29, 0.717) is 16.9 Å². The molecule has 4 rings (SSSR count). The second kappa shape index (κ2) is 8.62. The molecule has 7 heteroatoms. The van der Waals surface area contributed by atoms with Gasteiger partial charge in [0.25, 0.3) is 11.8 Å². The number of carbonyl (C=O) groups is 2. The van der Waals surface area contributed by atoms with Crippen LogP contribution in [0.4, 0.5) is 15.9 Å². The number of para-hydroxylation sites is 1. The van der Waals surface area contributed by atoms with Crippen molar-refractivity contribution in [1.82, 2.24) is 9.78 Å². The number of rotatable bonds is 5. The predicted octanol–water partition coefficient (Wildman–Crippen LogP) is 4.82. The van der Waals surface area contributed by atoms with Gasteiger partial charge in [-0.3, -0.25) is 9.59 Å². The first-order valence-electron chi connectivity index (χ1n) is 9.59. The van der Waals surface area contributed by atoms with Crippen molar-refractivity contribution in [2.24, 2.45) is 0 Å². The number of carbonyl (C=O) groups excluding carboxylic acids is 2. The molecule has 0 aliphatic rings. The number of anilines is 2. The lowest BCUT2D eigenvalue weighted by molar-refractivity contribution is 0.102. The molecule has 31 heavy (non-hydrogen) atoms. The number of hydrogen-bond acceptors (Lipinski definition) is 3. The summed E-state index contributed by atoms with van der Waals surface area (Å²) < 4.78 is 14.7. The van der Waals surface area contributed by atoms with Crippen LogP contribution in [0.3, 0.4) is 0 Å². The second-order valence-corrected chi connectivity index (χ2v) is 6.94. The standard InChI is InChI=1S/C24H19FN4O2/c1-16-6-5-7-17(14-16)23(30)28-22-21(15-26-29(22)20-8-3-2-4-9-20)24(31)27-19-12-10-18(25)11-13-19/h2-15H,1H3,(H,27,31)(H,28,30). The third-order valence-corrected chi connectivity index (χ3v) is 4.63. The molecule has 154 valence electrons. The first kappa shape index (κ1) is 20.0. The molecule has 2 amide bonds. The molecule has 0 radical (unpaired) electrons. The fourth-order valence-corrected chi connectivity index (χ4v) is 3.10. The lowest BCUT2D eigenvalue weighted by Crippen LogP contribution is -2.19. The van der Waals surface area contributed by atoms with Crippen LogP contribution in [-0.2, 0) is 0 Å². The highest BCUT2D eigenvalue weighted by Gasteiger charge is 2.21. The number of aromatic nitrogens is 2. The lowest BCUT2D eigenvalue weighted by Gasteiger charge is -2.12. The van der Waals surface area contributed by atoms with Gasteiger partial charge in [0.1, 0.15) is 17.2 Å². The maximum atomic E-state index is 13.2. The minimum Gasteiger partial charge on any atom is -0.322 e. The number of halogens is 1. The molecule has 0 spiro atoms. The minimum atomic E-state index is -0.478. The zero-order chi connectivity index (χ0) is 21.8. The van der Waals surface area contributed by atoms with Crippen LogP contribution in [0.2, 0.25) is 0 Å². The molecule has 0 bridgehead atoms. The van der Waals surface area contributed by atoms with Crippen LogP contribution in [0, 0.1) is 12.7 Å². The molecule has 0 aliphatic heterocycles. The van der Waals surface area contributed by atoms with Gasteiger partial charge in [-0.2, -0.15) is 5.10 Å². The van der Waals surface area contributed by atoms with Gasteiger partial charge >= 0.3 is 0 Å². The minimum absolute atomic E-state index is 0.175. The van der Waals surface area contributed by atoms with Crippen LogP contribution in [0.25, 0.3) is 5.69 Å². The van der Waals surface area contributed by atoms with E-state index in [1.54, 1.807) is 18.2 Å². The van der Waals surface area contributed by atoms with E-state index < -0.39 is 11.7 Å². The Morgan fingerprint density at radius 2 is 1.61 bits per heavy atom. The van der Waals surface area contributed by atoms with Crippen LogP contribution in [-0.4, -0.2) is 21.6 Å². The smallest absolute Gasteiger partial charge is 0.261 e. The Bertz CT molecular complexity index is 1230. The molecule has 1 heterocycles. The summed E-state index contributed by atoms with van der Waals surface area (Å²) in [6, 6.07) is 21.7. The fourth-order valence-electron chi connectivity index (χ4n) is 3.10. The van der Waals surface area contributed by atoms with Gasteiger partial charge < -0.3 is 10.6 Å². The van der Waals surface area contributed by atoms with E-state index in [1.807, 2.05) is 43.3 Å². The Morgan fingerprint density at radius 3 is 2.32 bits per heavy atom. The number of benzene rings is 3. The third kappa shape index (κ3) is 4.51. The quantitative estimate of drug-likeness (QED) is 0.491. The van der Waals surface area contributed by atoms with Crippen molar-refractivity contribution in [3.05, 3.63) is 108 Å². The zero-order valence-electron chi connectivity index (χ0n) is 16.7. The van der Waals surface area contributed by atoms with Crippen LogP contribution in [0.1, 0.15) is 26.3 Å². The second-order valence-electron chi connectivity index (χ2n) is 6.94. The molecule has 1 aromatic heterocycles. The average molecular weight is 414 g/mol. The maximum Gasteiger partial charge on any atom is 0.261 e. The number of amides is 2. The maximum absolute atomic E-state index is 13.2. The molecular formula is C24H19FN4O2. The highest BCUT2D eigenvalue weighted by Crippen LogP contribution is 2.23. The molecule has 3 aromatic carbocycles. The van der Waals surface area contributed by atoms with E-state index >= 15 is 0 Å². The largest absolute Gasteiger partial charge is 0.322 e. The van der Waals surface area contributed by atoms with E-state index in [4.69, 9.17) is 0 Å². The van der Waals surface area contributed by atoms with Gasteiger partial charge in [0.15, 0.2) is 0 Å². The molecular weight excluding hydrogens is 395 g/mol. The third-order valence-electron chi connectivity index (χ3n) is 4.63. The molecule has 0 fully saturated rings. The topological polar surface area (TPSA) is 76.0 Å². The van der Waals surface area contributed by atoms with Crippen LogP contribution in [0.15, 0.2) is 85.1 Å². The van der Waals surface area contributed by atoms with E-state index in [9.17, 15) is 14.0 Å². The summed E-state index contributed by atoms with van der Waals surface area (Å²) in [6.07, 6.45) is 1.39. The summed E-state index contributed by atoms with van der Waals surface area (Å²) in [4.78, 5) is 25.8. The van der Waals surface area contributed by atoms with Crippen LogP contribution < -0.4 is 10.6 Å². The van der Waals surface area contributed by atoms with Crippen LogP contribution >= 0.6 is 0 Å². The molecule has 0 unspecified atom stereocenters. The van der Waals surface area contributed by atoms with E-state index in [-0.39, 0.29) is 17.3 Å². The van der Waals surface area contributed by atoms with Gasteiger partial charge in [-0.1, -0.05) is 35.9 Å². The van der Waals surface area contributed by atoms with Gasteiger partial charge in [-0.25, -0.2) is 9.07 Å². The molecule has 0 saturated heterocycles. The van der Waals surface area contributed by atoms with Gasteiger partial charge in [0, 0.05) is 11.3 Å². The summed E-state index contributed by atoms with van der Waals surface area (Å²) in [7, 11) is 0. The molecule has 0 aliphatic carbocycles. The number of nitrogens with one attached hydrogen (secondary N) is 2. The molecule has 4 aromatic rings. The van der Waals surface area contributed by atoms with E-state index in [2.05, 4.69) is 15.7 Å². The van der Waals surface area contributed by atoms with Crippen molar-refractivity contribution in [2.75, 3.05) is 10.6 Å². The summed E-state index contributed by atoms with van der Waals surface area (Å²) in [6.45, 7) is 1.90. The van der Waals surface area contributed by atoms with Crippen molar-refractivity contribution in [3.63, 3.8) is 0 Å². The van der Waals surface area contributed by atoms with Crippen molar-refractivity contribution in [1.29, 1.82) is 0 Å². The molecule has 0 atom stereocenters. The monoisotopic (exact) mass is 414 g/mol. The first-order valence-corrected chi connectivity index (χ1v) is 9.59. The van der Waals surface area contributed by atoms with E-state index in [1.165, 1.54) is 35.1 Å². The predicted molar refractivity (Wildman–Crippen MR) is 117 cm³/mol. The van der Waals surface area contributed by atoms with Crippen molar-refractivity contribution >= 4 is 23.3 Å². The van der Waals surface area contributed by atoms with Crippen molar-refractivity contribution < 1.29 is 14.0 Å². The zero-order valence-corrected chi connectivity index (χ0v) is 16.7. The molecule has 6 nitrogen and oxygen atoms in total. The van der Waals surface area contributed by atoms with Gasteiger partial charge in [0.2, 0.25) is 0 Å². The highest BCUT2D eigenvalue weighted by molar-refractivity contribution is 6.12. The summed E-state index contributed by atoms with van der Waals surface area (Å²) in [5.41, 5.74) is 2.69. The number of aryl methyl sites for hydroxylation is 1. The summed E-state index contributed by atoms with van der Waals surface area (Å²) in [5, 5.41) is 9.83. The van der Waals surface area contributed by atoms with Crippen LogP contribution in [0.5, 0.6) is 0 Å². The average Bonchev–Trinajstić information content (AvgIpc) is 3.19. The highest BCUT2D eigenvalue weighted by atomic mass is 19.1. The van der Waals surface area contributed by atoms with Crippen molar-refractivity contribution in [3.8, 4) is 5.69 Å². The van der Waals surface area contributed by atoms with Gasteiger partial charge in [-0.15, -0.1) is 0 Å². The Morgan fingerprint density at radius 1 is 0.871 bits per heavy atom. The molecule has 0 saturated carbocycles. The normalized spacial score (nSPS) is 10.5. The van der Waals surface area contributed by atoms with Crippen molar-refractivity contribution in [2.45, 2.75) is 6.92 Å².